The number of methoxy groups -OCH3 is 1. The number of benzene rings is 2. The first-order valence-corrected chi connectivity index (χ1v) is 10.1. The van der Waals surface area contributed by atoms with E-state index in [2.05, 4.69) is 26.6 Å². The Hall–Kier alpha value is -3.40. The second-order valence-electron chi connectivity index (χ2n) is 6.89. The highest BCUT2D eigenvalue weighted by Crippen LogP contribution is 2.39. The third-order valence-electron chi connectivity index (χ3n) is 4.90. The van der Waals surface area contributed by atoms with Crippen LogP contribution in [0.15, 0.2) is 46.1 Å². The van der Waals surface area contributed by atoms with Gasteiger partial charge in [-0.2, -0.15) is 0 Å². The van der Waals surface area contributed by atoms with Crippen LogP contribution < -0.4 is 24.8 Å². The number of nitrogens with one attached hydrogen (secondary N) is 2. The monoisotopic (exact) mass is 490 g/mol. The Morgan fingerprint density at radius 3 is 2.81 bits per heavy atom. The number of hydrogen-bond acceptors (Lipinski definition) is 7. The number of ether oxygens (including phenoxy) is 4. The van der Waals surface area contributed by atoms with Crippen molar-refractivity contribution >= 4 is 27.9 Å². The highest BCUT2D eigenvalue weighted by atomic mass is 79.9. The number of phenols is 1. The van der Waals surface area contributed by atoms with Gasteiger partial charge in [0.05, 0.1) is 23.2 Å². The quantitative estimate of drug-likeness (QED) is 0.550. The predicted molar refractivity (Wildman–Crippen MR) is 112 cm³/mol. The van der Waals surface area contributed by atoms with Crippen molar-refractivity contribution in [3.8, 4) is 23.0 Å². The van der Waals surface area contributed by atoms with Gasteiger partial charge < -0.3 is 34.7 Å². The topological polar surface area (TPSA) is 115 Å². The van der Waals surface area contributed by atoms with Crippen molar-refractivity contribution in [1.82, 2.24) is 10.6 Å². The van der Waals surface area contributed by atoms with Crippen LogP contribution in [0.2, 0.25) is 0 Å². The van der Waals surface area contributed by atoms with Crippen LogP contribution in [-0.4, -0.2) is 31.0 Å². The van der Waals surface area contributed by atoms with Crippen LogP contribution in [-0.2, 0) is 16.1 Å². The van der Waals surface area contributed by atoms with Crippen LogP contribution in [0.25, 0.3) is 0 Å². The number of hydrogen-bond donors (Lipinski definition) is 3. The number of esters is 1. The standard InChI is InChI=1S/C21H19BrN2O7/c1-10-17(20(26)29-8-11-3-4-14-15(5-11)31-9-30-14)18(24-21(27)23-10)12-6-13(22)19(25)16(7-12)28-2/h3-7,18,25H,8-9H2,1-2H3,(H2,23,24,27)/t18-/m0/s1. The number of carbonyl (C=O) groups is 2. The SMILES string of the molecule is COc1cc([C@@H]2NC(=O)NC(C)=C2C(=O)OCc2ccc3c(c2)OCO3)cc(Br)c1O. The zero-order chi connectivity index (χ0) is 22.1. The molecule has 0 fully saturated rings. The van der Waals surface area contributed by atoms with E-state index in [-0.39, 0.29) is 30.5 Å². The van der Waals surface area contributed by atoms with Gasteiger partial charge in [-0.15, -0.1) is 0 Å². The summed E-state index contributed by atoms with van der Waals surface area (Å²) in [5.41, 5.74) is 1.87. The maximum absolute atomic E-state index is 13.0. The fourth-order valence-corrected chi connectivity index (χ4v) is 3.85. The van der Waals surface area contributed by atoms with E-state index in [1.54, 1.807) is 37.3 Å². The number of rotatable bonds is 5. The number of amides is 2. The zero-order valence-electron chi connectivity index (χ0n) is 16.7. The van der Waals surface area contributed by atoms with E-state index in [9.17, 15) is 14.7 Å². The molecule has 10 heteroatoms. The predicted octanol–water partition coefficient (Wildman–Crippen LogP) is 3.26. The van der Waals surface area contributed by atoms with Gasteiger partial charge in [-0.25, -0.2) is 9.59 Å². The Kier molecular flexibility index (Phi) is 5.64. The minimum atomic E-state index is -0.802. The van der Waals surface area contributed by atoms with Crippen LogP contribution in [0.4, 0.5) is 4.79 Å². The van der Waals surface area contributed by atoms with Gasteiger partial charge in [-0.05, 0) is 58.2 Å². The molecule has 0 spiro atoms. The van der Waals surface area contributed by atoms with Crippen molar-refractivity contribution < 1.29 is 33.6 Å². The van der Waals surface area contributed by atoms with Gasteiger partial charge in [-0.3, -0.25) is 0 Å². The molecule has 0 aliphatic carbocycles. The molecule has 9 nitrogen and oxygen atoms in total. The van der Waals surface area contributed by atoms with Gasteiger partial charge in [0, 0.05) is 5.70 Å². The largest absolute Gasteiger partial charge is 0.503 e. The fraction of sp³-hybridized carbons (Fsp3) is 0.238. The average molecular weight is 491 g/mol. The molecule has 4 rings (SSSR count). The molecule has 2 aromatic carbocycles. The number of fused-ring (bicyclic) bond motifs is 1. The first-order valence-electron chi connectivity index (χ1n) is 9.27. The molecule has 2 amide bonds. The third-order valence-corrected chi connectivity index (χ3v) is 5.50. The zero-order valence-corrected chi connectivity index (χ0v) is 18.2. The summed E-state index contributed by atoms with van der Waals surface area (Å²) >= 11 is 3.26. The number of aromatic hydroxyl groups is 1. The molecule has 0 radical (unpaired) electrons. The lowest BCUT2D eigenvalue weighted by Gasteiger charge is -2.28. The van der Waals surface area contributed by atoms with Crippen molar-refractivity contribution in [1.29, 1.82) is 0 Å². The number of phenolic OH excluding ortho intramolecular Hbond substituents is 1. The van der Waals surface area contributed by atoms with Gasteiger partial charge >= 0.3 is 12.0 Å². The van der Waals surface area contributed by atoms with Crippen LogP contribution >= 0.6 is 15.9 Å². The average Bonchev–Trinajstić information content (AvgIpc) is 3.21. The molecule has 0 saturated carbocycles. The molecule has 162 valence electrons. The summed E-state index contributed by atoms with van der Waals surface area (Å²) in [6, 6.07) is 7.17. The maximum Gasteiger partial charge on any atom is 0.338 e. The minimum absolute atomic E-state index is 0.00944. The Bertz CT molecular complexity index is 1100. The Balaban J connectivity index is 1.59. The van der Waals surface area contributed by atoms with Crippen molar-refractivity contribution in [2.45, 2.75) is 19.6 Å². The Labute approximate surface area is 186 Å². The molecule has 0 aromatic heterocycles. The van der Waals surface area contributed by atoms with Crippen LogP contribution in [0.5, 0.6) is 23.0 Å². The molecule has 3 N–H and O–H groups in total. The number of carbonyl (C=O) groups excluding carboxylic acids is 2. The summed E-state index contributed by atoms with van der Waals surface area (Å²) in [6.45, 7) is 1.79. The lowest BCUT2D eigenvalue weighted by atomic mass is 9.95. The smallest absolute Gasteiger partial charge is 0.338 e. The molecular weight excluding hydrogens is 472 g/mol. The number of urea groups is 1. The molecular formula is C21H19BrN2O7. The summed E-state index contributed by atoms with van der Waals surface area (Å²) in [5, 5.41) is 15.4. The van der Waals surface area contributed by atoms with Crippen molar-refractivity contribution in [3.05, 3.63) is 57.2 Å². The third kappa shape index (κ3) is 4.11. The van der Waals surface area contributed by atoms with E-state index in [1.807, 2.05) is 0 Å². The van der Waals surface area contributed by atoms with Gasteiger partial charge in [0.1, 0.15) is 6.61 Å². The lowest BCUT2D eigenvalue weighted by molar-refractivity contribution is -0.140. The summed E-state index contributed by atoms with van der Waals surface area (Å²) in [6.07, 6.45) is 0. The Morgan fingerprint density at radius 1 is 1.26 bits per heavy atom. The van der Waals surface area contributed by atoms with Crippen molar-refractivity contribution in [2.75, 3.05) is 13.9 Å². The second kappa shape index (κ2) is 8.38. The van der Waals surface area contributed by atoms with E-state index in [1.165, 1.54) is 7.11 Å². The normalized spacial score (nSPS) is 17.1. The molecule has 0 bridgehead atoms. The van der Waals surface area contributed by atoms with Crippen molar-refractivity contribution in [3.63, 3.8) is 0 Å². The fourth-order valence-electron chi connectivity index (χ4n) is 3.39. The molecule has 2 heterocycles. The van der Waals surface area contributed by atoms with Crippen LogP contribution in [0.3, 0.4) is 0 Å². The molecule has 1 atom stereocenters. The van der Waals surface area contributed by atoms with Crippen LogP contribution in [0, 0.1) is 0 Å². The maximum atomic E-state index is 13.0. The molecule has 31 heavy (non-hydrogen) atoms. The van der Waals surface area contributed by atoms with E-state index in [0.717, 1.165) is 5.56 Å². The molecule has 0 saturated heterocycles. The summed E-state index contributed by atoms with van der Waals surface area (Å²) in [7, 11) is 1.41. The van der Waals surface area contributed by atoms with E-state index < -0.39 is 18.0 Å². The highest BCUT2D eigenvalue weighted by molar-refractivity contribution is 9.10. The van der Waals surface area contributed by atoms with Gasteiger partial charge in [0.2, 0.25) is 6.79 Å². The first kappa shape index (κ1) is 20.9. The lowest BCUT2D eigenvalue weighted by Crippen LogP contribution is -2.45. The summed E-state index contributed by atoms with van der Waals surface area (Å²) in [4.78, 5) is 25.1. The number of halogens is 1. The van der Waals surface area contributed by atoms with Gasteiger partial charge in [0.15, 0.2) is 23.0 Å². The molecule has 2 aliphatic heterocycles. The van der Waals surface area contributed by atoms with Crippen molar-refractivity contribution in [2.24, 2.45) is 0 Å². The van der Waals surface area contributed by atoms with E-state index >= 15 is 0 Å². The molecule has 2 aliphatic rings. The summed E-state index contributed by atoms with van der Waals surface area (Å²) in [5.74, 6) is 0.743. The van der Waals surface area contributed by atoms with E-state index in [4.69, 9.17) is 18.9 Å². The minimum Gasteiger partial charge on any atom is -0.503 e. The molecule has 2 aromatic rings. The second-order valence-corrected chi connectivity index (χ2v) is 7.74. The highest BCUT2D eigenvalue weighted by Gasteiger charge is 2.33. The number of allylic oxidation sites excluding steroid dienone is 1. The Morgan fingerprint density at radius 2 is 2.03 bits per heavy atom. The first-order chi connectivity index (χ1) is 14.9. The van der Waals surface area contributed by atoms with Gasteiger partial charge in [-0.1, -0.05) is 6.07 Å². The van der Waals surface area contributed by atoms with E-state index in [0.29, 0.717) is 27.2 Å². The molecule has 0 unspecified atom stereocenters. The summed E-state index contributed by atoms with van der Waals surface area (Å²) < 4.78 is 21.7. The van der Waals surface area contributed by atoms with Crippen LogP contribution in [0.1, 0.15) is 24.1 Å². The van der Waals surface area contributed by atoms with Gasteiger partial charge in [0.25, 0.3) is 0 Å².